The molecule has 0 bridgehead atoms. The van der Waals surface area contributed by atoms with Crippen molar-refractivity contribution in [1.29, 1.82) is 0 Å². The third kappa shape index (κ3) is 8.93. The number of carbonyl (C=O) groups excluding carboxylic acids is 2. The first-order chi connectivity index (χ1) is 21.6. The molecule has 0 aliphatic heterocycles. The molecule has 0 radical (unpaired) electrons. The minimum Gasteiger partial charge on any atom is -0.354 e. The Hall–Kier alpha value is -4.21. The normalized spacial score (nSPS) is 11.9. The third-order valence-electron chi connectivity index (χ3n) is 7.40. The fraction of sp³-hybridized carbons (Fsp3) is 0.257. The van der Waals surface area contributed by atoms with Crippen LogP contribution in [0.3, 0.4) is 0 Å². The predicted octanol–water partition coefficient (Wildman–Crippen LogP) is 6.54. The van der Waals surface area contributed by atoms with Gasteiger partial charge in [-0.2, -0.15) is 0 Å². The van der Waals surface area contributed by atoms with Crippen LogP contribution < -0.4 is 9.62 Å². The van der Waals surface area contributed by atoms with Crippen LogP contribution in [0.4, 0.5) is 10.1 Å². The molecule has 0 spiro atoms. The number of nitrogens with zero attached hydrogens (tertiary/aromatic N) is 2. The molecule has 0 aromatic heterocycles. The number of hydrogen-bond acceptors (Lipinski definition) is 4. The van der Waals surface area contributed by atoms with Gasteiger partial charge < -0.3 is 10.2 Å². The monoisotopic (exact) mass is 649 g/mol. The molecule has 0 aliphatic rings. The van der Waals surface area contributed by atoms with Crippen molar-refractivity contribution in [2.24, 2.45) is 0 Å². The largest absolute Gasteiger partial charge is 0.354 e. The van der Waals surface area contributed by atoms with Gasteiger partial charge in [-0.25, -0.2) is 12.8 Å². The molecule has 1 unspecified atom stereocenters. The highest BCUT2D eigenvalue weighted by atomic mass is 35.5. The van der Waals surface area contributed by atoms with Gasteiger partial charge in [-0.1, -0.05) is 91.2 Å². The first kappa shape index (κ1) is 33.7. The fourth-order valence-electron chi connectivity index (χ4n) is 4.84. The topological polar surface area (TPSA) is 86.8 Å². The van der Waals surface area contributed by atoms with Crippen LogP contribution >= 0.6 is 11.6 Å². The molecule has 7 nitrogen and oxygen atoms in total. The van der Waals surface area contributed by atoms with Crippen molar-refractivity contribution in [1.82, 2.24) is 10.2 Å². The van der Waals surface area contributed by atoms with Crippen LogP contribution in [0.5, 0.6) is 0 Å². The first-order valence-corrected chi connectivity index (χ1v) is 16.6. The molecular weight excluding hydrogens is 613 g/mol. The molecular formula is C35H37ClFN3O4S. The molecule has 1 atom stereocenters. The lowest BCUT2D eigenvalue weighted by atomic mass is 10.0. The molecule has 4 aromatic carbocycles. The smallest absolute Gasteiger partial charge is 0.264 e. The zero-order valence-electron chi connectivity index (χ0n) is 25.3. The van der Waals surface area contributed by atoms with E-state index in [0.717, 1.165) is 28.3 Å². The van der Waals surface area contributed by atoms with E-state index >= 15 is 4.39 Å². The molecule has 4 aromatic rings. The molecule has 0 saturated heterocycles. The number of aryl methyl sites for hydroxylation is 1. The standard InChI is InChI=1S/C35H37ClFN3O4S/c1-3-4-22-38-35(42)33(23-27-10-6-5-7-11-27)39(24-28-12-8-9-13-32(28)37)34(41)25-40(30-18-14-26(2)15-19-30)45(43,44)31-20-16-29(36)17-21-31/h5-21,33H,3-4,22-25H2,1-2H3,(H,38,42). The maximum absolute atomic E-state index is 15.0. The summed E-state index contributed by atoms with van der Waals surface area (Å²) >= 11 is 6.03. The Morgan fingerprint density at radius 3 is 2.18 bits per heavy atom. The summed E-state index contributed by atoms with van der Waals surface area (Å²) in [6.07, 6.45) is 1.74. The van der Waals surface area contributed by atoms with Gasteiger partial charge in [-0.3, -0.25) is 13.9 Å². The highest BCUT2D eigenvalue weighted by Crippen LogP contribution is 2.26. The Bertz CT molecular complexity index is 1680. The highest BCUT2D eigenvalue weighted by Gasteiger charge is 2.35. The van der Waals surface area contributed by atoms with E-state index in [1.54, 1.807) is 42.5 Å². The maximum atomic E-state index is 15.0. The number of benzene rings is 4. The molecule has 0 saturated carbocycles. The van der Waals surface area contributed by atoms with E-state index in [2.05, 4.69) is 5.32 Å². The number of anilines is 1. The Morgan fingerprint density at radius 1 is 0.889 bits per heavy atom. The number of nitrogens with one attached hydrogen (secondary N) is 1. The van der Waals surface area contributed by atoms with Crippen molar-refractivity contribution < 1.29 is 22.4 Å². The molecule has 0 heterocycles. The second-order valence-electron chi connectivity index (χ2n) is 10.8. The molecule has 45 heavy (non-hydrogen) atoms. The predicted molar refractivity (Wildman–Crippen MR) is 176 cm³/mol. The average molecular weight is 650 g/mol. The van der Waals surface area contributed by atoms with Crippen LogP contribution in [-0.2, 0) is 32.6 Å². The first-order valence-electron chi connectivity index (χ1n) is 14.8. The Balaban J connectivity index is 1.79. The van der Waals surface area contributed by atoms with Crippen LogP contribution in [0.2, 0.25) is 5.02 Å². The summed E-state index contributed by atoms with van der Waals surface area (Å²) in [5.74, 6) is -1.60. The quantitative estimate of drug-likeness (QED) is 0.157. The van der Waals surface area contributed by atoms with Crippen LogP contribution in [0.25, 0.3) is 0 Å². The number of carbonyl (C=O) groups is 2. The Morgan fingerprint density at radius 2 is 1.53 bits per heavy atom. The van der Waals surface area contributed by atoms with Crippen LogP contribution in [0, 0.1) is 12.7 Å². The third-order valence-corrected chi connectivity index (χ3v) is 9.44. The summed E-state index contributed by atoms with van der Waals surface area (Å²) in [7, 11) is -4.26. The van der Waals surface area contributed by atoms with Gasteiger partial charge in [0, 0.05) is 30.1 Å². The summed E-state index contributed by atoms with van der Waals surface area (Å²) in [6, 6.07) is 26.6. The molecule has 2 amide bonds. The van der Waals surface area contributed by atoms with Gasteiger partial charge in [0.15, 0.2) is 0 Å². The number of hydrogen-bond donors (Lipinski definition) is 1. The van der Waals surface area contributed by atoms with Crippen molar-refractivity contribution in [2.75, 3.05) is 17.4 Å². The number of amides is 2. The number of sulfonamides is 1. The van der Waals surface area contributed by atoms with E-state index in [-0.39, 0.29) is 29.1 Å². The summed E-state index contributed by atoms with van der Waals surface area (Å²) in [5, 5.41) is 3.28. The Kier molecular flexibility index (Phi) is 11.7. The minimum absolute atomic E-state index is 0.0564. The van der Waals surface area contributed by atoms with Crippen molar-refractivity contribution in [3.05, 3.63) is 131 Å². The zero-order chi connectivity index (χ0) is 32.4. The highest BCUT2D eigenvalue weighted by molar-refractivity contribution is 7.92. The van der Waals surface area contributed by atoms with Gasteiger partial charge >= 0.3 is 0 Å². The second-order valence-corrected chi connectivity index (χ2v) is 13.1. The van der Waals surface area contributed by atoms with Gasteiger partial charge in [0.05, 0.1) is 10.6 Å². The number of rotatable bonds is 14. The van der Waals surface area contributed by atoms with Crippen LogP contribution in [0.15, 0.2) is 108 Å². The SMILES string of the molecule is CCCCNC(=O)C(Cc1ccccc1)N(Cc1ccccc1F)C(=O)CN(c1ccc(C)cc1)S(=O)(=O)c1ccc(Cl)cc1. The Labute approximate surface area is 269 Å². The lowest BCUT2D eigenvalue weighted by Crippen LogP contribution is -2.53. The fourth-order valence-corrected chi connectivity index (χ4v) is 6.38. The molecule has 0 aliphatic carbocycles. The van der Waals surface area contributed by atoms with Gasteiger partial charge in [-0.15, -0.1) is 0 Å². The maximum Gasteiger partial charge on any atom is 0.264 e. The lowest BCUT2D eigenvalue weighted by molar-refractivity contribution is -0.140. The van der Waals surface area contributed by atoms with Gasteiger partial charge in [0.25, 0.3) is 10.0 Å². The van der Waals surface area contributed by atoms with E-state index in [1.165, 1.54) is 35.2 Å². The molecule has 10 heteroatoms. The summed E-state index contributed by atoms with van der Waals surface area (Å²) in [6.45, 7) is 3.41. The van der Waals surface area contributed by atoms with E-state index in [1.807, 2.05) is 44.2 Å². The van der Waals surface area contributed by atoms with E-state index in [9.17, 15) is 18.0 Å². The van der Waals surface area contributed by atoms with Crippen LogP contribution in [0.1, 0.15) is 36.5 Å². The summed E-state index contributed by atoms with van der Waals surface area (Å²) in [5.41, 5.74) is 2.17. The molecule has 236 valence electrons. The van der Waals surface area contributed by atoms with Crippen LogP contribution in [-0.4, -0.2) is 44.3 Å². The van der Waals surface area contributed by atoms with Gasteiger partial charge in [0.1, 0.15) is 18.4 Å². The molecule has 0 fully saturated rings. The van der Waals surface area contributed by atoms with E-state index in [4.69, 9.17) is 11.6 Å². The van der Waals surface area contributed by atoms with Crippen molar-refractivity contribution in [3.63, 3.8) is 0 Å². The van der Waals surface area contributed by atoms with E-state index < -0.39 is 40.2 Å². The van der Waals surface area contributed by atoms with Crippen molar-refractivity contribution >= 4 is 39.1 Å². The average Bonchev–Trinajstić information content (AvgIpc) is 3.03. The zero-order valence-corrected chi connectivity index (χ0v) is 26.9. The number of unbranched alkanes of at least 4 members (excludes halogenated alkanes) is 1. The summed E-state index contributed by atoms with van der Waals surface area (Å²) in [4.78, 5) is 29.4. The van der Waals surface area contributed by atoms with E-state index in [0.29, 0.717) is 11.6 Å². The molecule has 4 rings (SSSR count). The second kappa shape index (κ2) is 15.7. The van der Waals surface area contributed by atoms with Crippen molar-refractivity contribution in [3.8, 4) is 0 Å². The summed E-state index contributed by atoms with van der Waals surface area (Å²) < 4.78 is 44.1. The van der Waals surface area contributed by atoms with Crippen molar-refractivity contribution in [2.45, 2.75) is 50.6 Å². The lowest BCUT2D eigenvalue weighted by Gasteiger charge is -2.34. The minimum atomic E-state index is -4.26. The van der Waals surface area contributed by atoms with Gasteiger partial charge in [0.2, 0.25) is 11.8 Å². The number of halogens is 2. The molecule has 1 N–H and O–H groups in total. The van der Waals surface area contributed by atoms with Gasteiger partial charge in [-0.05, 0) is 61.4 Å².